The van der Waals surface area contributed by atoms with Crippen LogP contribution in [0.5, 0.6) is 0 Å². The summed E-state index contributed by atoms with van der Waals surface area (Å²) in [6.07, 6.45) is 3.83. The van der Waals surface area contributed by atoms with Crippen molar-refractivity contribution < 1.29 is 21.6 Å². The SMILES string of the molecule is CCCN(C(=O)c1cccc(S(=O)(=O)N2C[C@@]3(C)C[C@H]2CC(C)(C)C3)c1)[C@H]1CCS(=O)(=O)C1. The third-order valence-electron chi connectivity index (χ3n) is 7.43. The summed E-state index contributed by atoms with van der Waals surface area (Å²) >= 11 is 0. The normalized spacial score (nSPS) is 30.9. The molecule has 0 unspecified atom stereocenters. The number of carbonyl (C=O) groups excluding carboxylic acids is 1. The van der Waals surface area contributed by atoms with Gasteiger partial charge in [-0.1, -0.05) is 33.8 Å². The lowest BCUT2D eigenvalue weighted by Gasteiger charge is -2.39. The minimum Gasteiger partial charge on any atom is -0.335 e. The maximum atomic E-state index is 13.7. The predicted octanol–water partition coefficient (Wildman–Crippen LogP) is 3.32. The minimum atomic E-state index is -3.75. The van der Waals surface area contributed by atoms with Gasteiger partial charge in [0.2, 0.25) is 10.0 Å². The van der Waals surface area contributed by atoms with Crippen LogP contribution in [-0.4, -0.2) is 68.6 Å². The molecule has 184 valence electrons. The first kappa shape index (κ1) is 24.7. The number of hydrogen-bond donors (Lipinski definition) is 0. The zero-order valence-corrected chi connectivity index (χ0v) is 21.7. The lowest BCUT2D eigenvalue weighted by atomic mass is 9.65. The van der Waals surface area contributed by atoms with Gasteiger partial charge in [-0.25, -0.2) is 16.8 Å². The molecule has 2 aliphatic heterocycles. The van der Waals surface area contributed by atoms with E-state index in [1.165, 1.54) is 6.07 Å². The fourth-order valence-corrected chi connectivity index (χ4v) is 10.0. The highest BCUT2D eigenvalue weighted by Crippen LogP contribution is 2.53. The first-order valence-electron chi connectivity index (χ1n) is 11.9. The number of sulfonamides is 1. The van der Waals surface area contributed by atoms with Crippen molar-refractivity contribution >= 4 is 25.8 Å². The summed E-state index contributed by atoms with van der Waals surface area (Å²) in [5.74, 6) is -0.241. The first-order chi connectivity index (χ1) is 15.3. The lowest BCUT2D eigenvalue weighted by Crippen LogP contribution is -2.41. The quantitative estimate of drug-likeness (QED) is 0.603. The van der Waals surface area contributed by atoms with Crippen LogP contribution in [0.3, 0.4) is 0 Å². The minimum absolute atomic E-state index is 0.0246. The maximum absolute atomic E-state index is 13.7. The average Bonchev–Trinajstić information content (AvgIpc) is 3.20. The van der Waals surface area contributed by atoms with Crippen LogP contribution < -0.4 is 0 Å². The van der Waals surface area contributed by atoms with Gasteiger partial charge in [-0.2, -0.15) is 4.31 Å². The van der Waals surface area contributed by atoms with Crippen molar-refractivity contribution in [3.8, 4) is 0 Å². The van der Waals surface area contributed by atoms with Crippen LogP contribution >= 0.6 is 0 Å². The first-order valence-corrected chi connectivity index (χ1v) is 15.1. The maximum Gasteiger partial charge on any atom is 0.254 e. The highest BCUT2D eigenvalue weighted by molar-refractivity contribution is 7.91. The molecule has 2 heterocycles. The van der Waals surface area contributed by atoms with E-state index >= 15 is 0 Å². The molecular weight excluding hydrogens is 460 g/mol. The molecule has 1 aromatic carbocycles. The van der Waals surface area contributed by atoms with Crippen molar-refractivity contribution in [2.24, 2.45) is 10.8 Å². The van der Waals surface area contributed by atoms with Gasteiger partial charge >= 0.3 is 0 Å². The smallest absolute Gasteiger partial charge is 0.254 e. The molecule has 0 spiro atoms. The standard InChI is InChI=1S/C24H36N2O5S2/c1-5-10-25(19-9-11-32(28,29)15-19)22(27)18-7-6-8-21(12-18)33(30,31)26-17-24(4)14-20(26)13-23(2,3)16-24/h6-8,12,19-20H,5,9-11,13-17H2,1-4H3/t19-,20+,24-/m0/s1. The molecule has 3 fully saturated rings. The monoisotopic (exact) mass is 496 g/mol. The molecule has 1 aromatic rings. The molecular formula is C24H36N2O5S2. The highest BCUT2D eigenvalue weighted by atomic mass is 32.2. The summed E-state index contributed by atoms with van der Waals surface area (Å²) in [7, 11) is -6.88. The molecule has 2 bridgehead atoms. The van der Waals surface area contributed by atoms with Crippen molar-refractivity contribution in [1.29, 1.82) is 0 Å². The molecule has 9 heteroatoms. The van der Waals surface area contributed by atoms with E-state index in [4.69, 9.17) is 0 Å². The Morgan fingerprint density at radius 2 is 1.94 bits per heavy atom. The van der Waals surface area contributed by atoms with E-state index in [1.54, 1.807) is 27.4 Å². The third kappa shape index (κ3) is 4.86. The van der Waals surface area contributed by atoms with Crippen LogP contribution in [0, 0.1) is 10.8 Å². The van der Waals surface area contributed by atoms with E-state index in [0.717, 1.165) is 19.3 Å². The molecule has 7 nitrogen and oxygen atoms in total. The summed E-state index contributed by atoms with van der Waals surface area (Å²) in [4.78, 5) is 15.1. The molecule has 2 saturated heterocycles. The molecule has 1 amide bonds. The average molecular weight is 497 g/mol. The molecule has 33 heavy (non-hydrogen) atoms. The summed E-state index contributed by atoms with van der Waals surface area (Å²) in [5, 5.41) is 0. The Bertz CT molecular complexity index is 1150. The number of fused-ring (bicyclic) bond motifs is 2. The Hall–Kier alpha value is -1.45. The van der Waals surface area contributed by atoms with Gasteiger partial charge in [0.05, 0.1) is 16.4 Å². The van der Waals surface area contributed by atoms with Crippen molar-refractivity contribution in [1.82, 2.24) is 9.21 Å². The molecule has 1 aliphatic carbocycles. The predicted molar refractivity (Wildman–Crippen MR) is 128 cm³/mol. The van der Waals surface area contributed by atoms with Crippen molar-refractivity contribution in [2.75, 3.05) is 24.6 Å². The number of benzene rings is 1. The zero-order chi connectivity index (χ0) is 24.2. The number of nitrogens with zero attached hydrogens (tertiary/aromatic N) is 2. The van der Waals surface area contributed by atoms with Gasteiger partial charge < -0.3 is 4.90 Å². The molecule has 3 atom stereocenters. The van der Waals surface area contributed by atoms with Gasteiger partial charge in [-0.3, -0.25) is 4.79 Å². The van der Waals surface area contributed by atoms with Gasteiger partial charge in [0.1, 0.15) is 0 Å². The Labute approximate surface area is 198 Å². The van der Waals surface area contributed by atoms with E-state index in [9.17, 15) is 21.6 Å². The summed E-state index contributed by atoms with van der Waals surface area (Å²) in [6, 6.07) is 5.89. The van der Waals surface area contributed by atoms with Crippen molar-refractivity contribution in [3.05, 3.63) is 29.8 Å². The Morgan fingerprint density at radius 3 is 2.58 bits per heavy atom. The van der Waals surface area contributed by atoms with Crippen molar-refractivity contribution in [3.63, 3.8) is 0 Å². The van der Waals surface area contributed by atoms with Crippen LogP contribution in [0.25, 0.3) is 0 Å². The van der Waals surface area contributed by atoms with Gasteiger partial charge in [0.25, 0.3) is 5.91 Å². The Balaban J connectivity index is 1.61. The number of hydrogen-bond acceptors (Lipinski definition) is 5. The molecule has 3 aliphatic rings. The van der Waals surface area contributed by atoms with E-state index in [2.05, 4.69) is 20.8 Å². The van der Waals surface area contributed by atoms with Gasteiger partial charge in [0.15, 0.2) is 9.84 Å². The number of rotatable bonds is 6. The highest BCUT2D eigenvalue weighted by Gasteiger charge is 2.53. The molecule has 0 aromatic heterocycles. The van der Waals surface area contributed by atoms with Crippen LogP contribution in [0.15, 0.2) is 29.2 Å². The van der Waals surface area contributed by atoms with Gasteiger partial charge in [-0.15, -0.1) is 0 Å². The number of carbonyl (C=O) groups is 1. The van der Waals surface area contributed by atoms with Gasteiger partial charge in [0, 0.05) is 30.7 Å². The Kier molecular flexibility index (Phi) is 6.24. The van der Waals surface area contributed by atoms with E-state index in [0.29, 0.717) is 31.5 Å². The van der Waals surface area contributed by atoms with Crippen LogP contribution in [0.4, 0.5) is 0 Å². The second-order valence-electron chi connectivity index (χ2n) is 11.3. The van der Waals surface area contributed by atoms with E-state index in [1.807, 2.05) is 6.92 Å². The van der Waals surface area contributed by atoms with Crippen LogP contribution in [-0.2, 0) is 19.9 Å². The van der Waals surface area contributed by atoms with E-state index in [-0.39, 0.29) is 45.2 Å². The summed E-state index contributed by atoms with van der Waals surface area (Å²) < 4.78 is 52.9. The second-order valence-corrected chi connectivity index (χ2v) is 15.5. The zero-order valence-electron chi connectivity index (χ0n) is 20.1. The van der Waals surface area contributed by atoms with E-state index < -0.39 is 19.9 Å². The topological polar surface area (TPSA) is 91.8 Å². The lowest BCUT2D eigenvalue weighted by molar-refractivity contribution is 0.0696. The molecule has 4 rings (SSSR count). The number of sulfone groups is 1. The fraction of sp³-hybridized carbons (Fsp3) is 0.708. The van der Waals surface area contributed by atoms with Gasteiger partial charge in [-0.05, 0) is 61.1 Å². The fourth-order valence-electron chi connectivity index (χ4n) is 6.49. The largest absolute Gasteiger partial charge is 0.335 e. The molecule has 0 N–H and O–H groups in total. The Morgan fingerprint density at radius 1 is 1.21 bits per heavy atom. The summed E-state index contributed by atoms with van der Waals surface area (Å²) in [6.45, 7) is 9.48. The molecule has 1 saturated carbocycles. The third-order valence-corrected chi connectivity index (χ3v) is 11.1. The second kappa shape index (κ2) is 8.34. The van der Waals surface area contributed by atoms with Crippen LogP contribution in [0.1, 0.15) is 70.2 Å². The summed E-state index contributed by atoms with van der Waals surface area (Å²) in [5.41, 5.74) is 0.364. The number of amides is 1. The molecule has 0 radical (unpaired) electrons. The van der Waals surface area contributed by atoms with Crippen molar-refractivity contribution in [2.45, 2.75) is 76.8 Å². The van der Waals surface area contributed by atoms with Crippen LogP contribution in [0.2, 0.25) is 0 Å².